The molecule has 3 aromatic rings. The Hall–Kier alpha value is -3.62. The average molecular weight is 457 g/mol. The Labute approximate surface area is 188 Å². The number of pyridine rings is 1. The minimum Gasteiger partial charge on any atom is -0.469 e. The molecule has 0 unspecified atom stereocenters. The molecule has 33 heavy (non-hydrogen) atoms. The number of aromatic nitrogens is 2. The molecule has 0 saturated heterocycles. The summed E-state index contributed by atoms with van der Waals surface area (Å²) in [6.07, 6.45) is 0.950. The van der Waals surface area contributed by atoms with Crippen LogP contribution in [-0.2, 0) is 26.9 Å². The van der Waals surface area contributed by atoms with Gasteiger partial charge in [0, 0.05) is 31.8 Å². The number of carbonyl (C=O) groups is 2. The van der Waals surface area contributed by atoms with Gasteiger partial charge in [-0.1, -0.05) is 12.1 Å². The molecular weight excluding hydrogens is 435 g/mol. The van der Waals surface area contributed by atoms with Crippen LogP contribution in [0.2, 0.25) is 0 Å². The molecule has 2 aromatic heterocycles. The minimum absolute atomic E-state index is 0.0322. The third kappa shape index (κ3) is 4.62. The Balaban J connectivity index is 1.79. The third-order valence-corrected chi connectivity index (χ3v) is 5.82. The van der Waals surface area contributed by atoms with Gasteiger partial charge in [-0.25, -0.2) is 4.52 Å². The summed E-state index contributed by atoms with van der Waals surface area (Å²) in [5, 5.41) is 4.17. The van der Waals surface area contributed by atoms with E-state index < -0.39 is 17.7 Å². The SMILES string of the molecule is COC(=O)Cc1cnn2ccc(-c3cc(C4=CCN(C(C)=O)CC4)ccc3C(F)(F)F)cc12. The van der Waals surface area contributed by atoms with Crippen LogP contribution in [0, 0.1) is 0 Å². The van der Waals surface area contributed by atoms with Gasteiger partial charge in [0.25, 0.3) is 0 Å². The minimum atomic E-state index is -4.54. The topological polar surface area (TPSA) is 63.9 Å². The lowest BCUT2D eigenvalue weighted by atomic mass is 9.92. The molecule has 6 nitrogen and oxygen atoms in total. The number of amides is 1. The van der Waals surface area contributed by atoms with Gasteiger partial charge in [0.1, 0.15) is 0 Å². The molecule has 0 N–H and O–H groups in total. The van der Waals surface area contributed by atoms with E-state index in [2.05, 4.69) is 5.10 Å². The third-order valence-electron chi connectivity index (χ3n) is 5.82. The first-order valence-corrected chi connectivity index (χ1v) is 10.4. The molecule has 0 atom stereocenters. The van der Waals surface area contributed by atoms with E-state index in [1.54, 1.807) is 29.3 Å². The van der Waals surface area contributed by atoms with Gasteiger partial charge in [-0.05, 0) is 52.9 Å². The summed E-state index contributed by atoms with van der Waals surface area (Å²) in [5.41, 5.74) is 2.35. The second-order valence-electron chi connectivity index (χ2n) is 7.87. The van der Waals surface area contributed by atoms with Crippen molar-refractivity contribution in [2.24, 2.45) is 0 Å². The van der Waals surface area contributed by atoms with E-state index in [0.29, 0.717) is 41.7 Å². The quantitative estimate of drug-likeness (QED) is 0.546. The predicted octanol–water partition coefficient (Wildman–Crippen LogP) is 4.37. The molecule has 0 spiro atoms. The smallest absolute Gasteiger partial charge is 0.417 e. The van der Waals surface area contributed by atoms with Crippen LogP contribution in [0.4, 0.5) is 13.2 Å². The second-order valence-corrected chi connectivity index (χ2v) is 7.87. The van der Waals surface area contributed by atoms with Crippen molar-refractivity contribution in [1.29, 1.82) is 0 Å². The molecule has 0 radical (unpaired) electrons. The summed E-state index contributed by atoms with van der Waals surface area (Å²) in [5.74, 6) is -0.493. The summed E-state index contributed by atoms with van der Waals surface area (Å²) in [6.45, 7) is 2.45. The zero-order valence-electron chi connectivity index (χ0n) is 18.1. The molecule has 172 valence electrons. The first-order chi connectivity index (χ1) is 15.7. The highest BCUT2D eigenvalue weighted by atomic mass is 19.4. The van der Waals surface area contributed by atoms with Gasteiger partial charge in [0.15, 0.2) is 0 Å². The van der Waals surface area contributed by atoms with Crippen molar-refractivity contribution >= 4 is 23.0 Å². The lowest BCUT2D eigenvalue weighted by Gasteiger charge is -2.26. The normalized spacial score (nSPS) is 14.3. The monoisotopic (exact) mass is 457 g/mol. The molecule has 9 heteroatoms. The number of ether oxygens (including phenoxy) is 1. The van der Waals surface area contributed by atoms with Crippen molar-refractivity contribution in [2.45, 2.75) is 25.9 Å². The molecule has 1 aliphatic heterocycles. The average Bonchev–Trinajstić information content (AvgIpc) is 3.19. The fraction of sp³-hybridized carbons (Fsp3) is 0.292. The van der Waals surface area contributed by atoms with Gasteiger partial charge >= 0.3 is 12.1 Å². The number of carbonyl (C=O) groups excluding carboxylic acids is 2. The van der Waals surface area contributed by atoms with Gasteiger partial charge in [-0.3, -0.25) is 9.59 Å². The van der Waals surface area contributed by atoms with E-state index >= 15 is 0 Å². The zero-order valence-corrected chi connectivity index (χ0v) is 18.1. The number of esters is 1. The van der Waals surface area contributed by atoms with Crippen LogP contribution in [0.3, 0.4) is 0 Å². The van der Waals surface area contributed by atoms with Gasteiger partial charge in [0.2, 0.25) is 5.91 Å². The van der Waals surface area contributed by atoms with Crippen molar-refractivity contribution in [3.05, 3.63) is 65.5 Å². The standard InChI is InChI=1S/C24H22F3N3O3/c1-15(31)29-8-5-16(6-9-29)17-3-4-21(24(25,26)27)20(11-17)18-7-10-30-22(12-18)19(14-28-30)13-23(32)33-2/h3-5,7,10-12,14H,6,8-9,13H2,1-2H3. The number of hydrogen-bond donors (Lipinski definition) is 0. The van der Waals surface area contributed by atoms with E-state index in [1.807, 2.05) is 6.08 Å². The molecule has 1 amide bonds. The van der Waals surface area contributed by atoms with Crippen LogP contribution >= 0.6 is 0 Å². The molecule has 0 aliphatic carbocycles. The Bertz CT molecular complexity index is 1260. The van der Waals surface area contributed by atoms with Crippen LogP contribution in [0.1, 0.15) is 30.0 Å². The number of benzene rings is 1. The van der Waals surface area contributed by atoms with Crippen LogP contribution < -0.4 is 0 Å². The molecule has 0 bridgehead atoms. The van der Waals surface area contributed by atoms with Crippen LogP contribution in [0.5, 0.6) is 0 Å². The predicted molar refractivity (Wildman–Crippen MR) is 116 cm³/mol. The van der Waals surface area contributed by atoms with E-state index in [9.17, 15) is 22.8 Å². The van der Waals surface area contributed by atoms with Crippen LogP contribution in [-0.4, -0.2) is 46.6 Å². The van der Waals surface area contributed by atoms with E-state index in [1.165, 1.54) is 30.8 Å². The van der Waals surface area contributed by atoms with Gasteiger partial charge in [-0.15, -0.1) is 0 Å². The molecular formula is C24H22F3N3O3. The molecule has 0 saturated carbocycles. The lowest BCUT2D eigenvalue weighted by molar-refractivity contribution is -0.140. The summed E-state index contributed by atoms with van der Waals surface area (Å²) in [6, 6.07) is 7.29. The highest BCUT2D eigenvalue weighted by Gasteiger charge is 2.34. The summed E-state index contributed by atoms with van der Waals surface area (Å²) in [4.78, 5) is 25.0. The summed E-state index contributed by atoms with van der Waals surface area (Å²) >= 11 is 0. The number of hydrogen-bond acceptors (Lipinski definition) is 4. The number of halogens is 3. The van der Waals surface area contributed by atoms with Crippen molar-refractivity contribution < 1.29 is 27.5 Å². The second kappa shape index (κ2) is 8.73. The first kappa shape index (κ1) is 22.6. The van der Waals surface area contributed by atoms with Crippen molar-refractivity contribution in [3.63, 3.8) is 0 Å². The van der Waals surface area contributed by atoms with E-state index in [4.69, 9.17) is 4.74 Å². The summed E-state index contributed by atoms with van der Waals surface area (Å²) < 4.78 is 47.8. The number of alkyl halides is 3. The van der Waals surface area contributed by atoms with Gasteiger partial charge < -0.3 is 9.64 Å². The Morgan fingerprint density at radius 3 is 2.58 bits per heavy atom. The van der Waals surface area contributed by atoms with Crippen molar-refractivity contribution in [3.8, 4) is 11.1 Å². The zero-order chi connectivity index (χ0) is 23.8. The number of nitrogens with zero attached hydrogens (tertiary/aromatic N) is 3. The van der Waals surface area contributed by atoms with Gasteiger partial charge in [-0.2, -0.15) is 18.3 Å². The van der Waals surface area contributed by atoms with Crippen LogP contribution in [0.25, 0.3) is 22.2 Å². The van der Waals surface area contributed by atoms with Gasteiger partial charge in [0.05, 0.1) is 30.8 Å². The number of rotatable bonds is 4. The maximum atomic E-state index is 13.9. The molecule has 0 fully saturated rings. The molecule has 4 rings (SSSR count). The Morgan fingerprint density at radius 1 is 1.15 bits per heavy atom. The van der Waals surface area contributed by atoms with Crippen molar-refractivity contribution in [2.75, 3.05) is 20.2 Å². The van der Waals surface area contributed by atoms with E-state index in [-0.39, 0.29) is 17.9 Å². The molecule has 3 heterocycles. The molecule has 1 aliphatic rings. The summed E-state index contributed by atoms with van der Waals surface area (Å²) in [7, 11) is 1.27. The first-order valence-electron chi connectivity index (χ1n) is 10.4. The maximum Gasteiger partial charge on any atom is 0.417 e. The van der Waals surface area contributed by atoms with E-state index in [0.717, 1.165) is 11.6 Å². The fourth-order valence-corrected chi connectivity index (χ4v) is 4.01. The highest BCUT2D eigenvalue weighted by molar-refractivity contribution is 5.81. The fourth-order valence-electron chi connectivity index (χ4n) is 4.01. The van der Waals surface area contributed by atoms with Crippen molar-refractivity contribution in [1.82, 2.24) is 14.5 Å². The number of fused-ring (bicyclic) bond motifs is 1. The Kier molecular flexibility index (Phi) is 5.97. The Morgan fingerprint density at radius 2 is 1.94 bits per heavy atom. The van der Waals surface area contributed by atoms with Crippen LogP contribution in [0.15, 0.2) is 48.8 Å². The molecule has 1 aromatic carbocycles. The lowest BCUT2D eigenvalue weighted by Crippen LogP contribution is -2.32. The number of methoxy groups -OCH3 is 1. The maximum absolute atomic E-state index is 13.9. The highest BCUT2D eigenvalue weighted by Crippen LogP contribution is 2.39. The largest absolute Gasteiger partial charge is 0.469 e.